The summed E-state index contributed by atoms with van der Waals surface area (Å²) >= 11 is 3.45. The maximum Gasteiger partial charge on any atom is 0.278 e. The molecule has 4 rings (SSSR count). The van der Waals surface area contributed by atoms with E-state index in [0.29, 0.717) is 25.6 Å². The molecule has 1 fully saturated rings. The number of anilines is 1. The van der Waals surface area contributed by atoms with Crippen LogP contribution in [0.5, 0.6) is 0 Å². The molecule has 0 aliphatic carbocycles. The second-order valence-electron chi connectivity index (χ2n) is 6.06. The Morgan fingerprint density at radius 2 is 1.88 bits per heavy atom. The van der Waals surface area contributed by atoms with Gasteiger partial charge in [0.2, 0.25) is 0 Å². The van der Waals surface area contributed by atoms with Gasteiger partial charge in [-0.25, -0.2) is 4.99 Å². The highest BCUT2D eigenvalue weighted by Gasteiger charge is 2.34. The van der Waals surface area contributed by atoms with Crippen molar-refractivity contribution in [2.24, 2.45) is 4.99 Å². The van der Waals surface area contributed by atoms with Gasteiger partial charge in [-0.05, 0) is 24.3 Å². The van der Waals surface area contributed by atoms with E-state index >= 15 is 0 Å². The maximum atomic E-state index is 13.1. The first-order valence-corrected chi connectivity index (χ1v) is 9.07. The molecule has 2 aliphatic rings. The van der Waals surface area contributed by atoms with E-state index in [0.717, 1.165) is 34.5 Å². The largest absolute Gasteiger partial charge is 0.379 e. The third-order valence-corrected chi connectivity index (χ3v) is 4.89. The summed E-state index contributed by atoms with van der Waals surface area (Å²) in [6.45, 7) is 3.66. The van der Waals surface area contributed by atoms with Gasteiger partial charge in [-0.1, -0.05) is 40.2 Å². The smallest absolute Gasteiger partial charge is 0.278 e. The van der Waals surface area contributed by atoms with Crippen molar-refractivity contribution in [3.8, 4) is 0 Å². The summed E-state index contributed by atoms with van der Waals surface area (Å²) < 4.78 is 6.34. The number of rotatable bonds is 3. The van der Waals surface area contributed by atoms with E-state index in [2.05, 4.69) is 25.8 Å². The van der Waals surface area contributed by atoms with Gasteiger partial charge < -0.3 is 4.74 Å². The van der Waals surface area contributed by atoms with Gasteiger partial charge in [0.15, 0.2) is 0 Å². The molecule has 2 aromatic rings. The van der Waals surface area contributed by atoms with Crippen LogP contribution in [0, 0.1) is 0 Å². The number of benzene rings is 2. The fourth-order valence-electron chi connectivity index (χ4n) is 3.13. The number of aliphatic imine (C=N–C) groups is 1. The summed E-state index contributed by atoms with van der Waals surface area (Å²) in [5.41, 5.74) is 3.08. The van der Waals surface area contributed by atoms with E-state index < -0.39 is 0 Å². The third kappa shape index (κ3) is 3.38. The van der Waals surface area contributed by atoms with Crippen LogP contribution in [0.2, 0.25) is 0 Å². The summed E-state index contributed by atoms with van der Waals surface area (Å²) in [4.78, 5) is 21.7. The Bertz CT molecular complexity index is 831. The van der Waals surface area contributed by atoms with Gasteiger partial charge in [0, 0.05) is 23.1 Å². The lowest BCUT2D eigenvalue weighted by Gasteiger charge is -2.30. The normalized spacial score (nSPS) is 19.5. The van der Waals surface area contributed by atoms with Crippen LogP contribution < -0.4 is 4.90 Å². The molecule has 2 aliphatic heterocycles. The average Bonchev–Trinajstić information content (AvgIpc) is 2.89. The highest BCUT2D eigenvalue weighted by atomic mass is 79.9. The number of morpholine rings is 1. The first-order valence-electron chi connectivity index (χ1n) is 8.28. The molecule has 0 aromatic heterocycles. The Balaban J connectivity index is 1.68. The van der Waals surface area contributed by atoms with Gasteiger partial charge in [0.1, 0.15) is 5.71 Å². The molecule has 0 unspecified atom stereocenters. The molecule has 128 valence electrons. The lowest BCUT2D eigenvalue weighted by molar-refractivity contribution is -0.112. The summed E-state index contributed by atoms with van der Waals surface area (Å²) in [6, 6.07) is 15.5. The number of hydrogen-bond donors (Lipinski definition) is 0. The van der Waals surface area contributed by atoms with Crippen LogP contribution in [-0.4, -0.2) is 49.5 Å². The monoisotopic (exact) mass is 399 g/mol. The van der Waals surface area contributed by atoms with Crippen LogP contribution in [0.4, 0.5) is 11.4 Å². The topological polar surface area (TPSA) is 45.1 Å². The maximum absolute atomic E-state index is 13.1. The minimum Gasteiger partial charge on any atom is -0.379 e. The molecule has 0 bridgehead atoms. The fraction of sp³-hybridized carbons (Fsp3) is 0.263. The molecule has 0 radical (unpaired) electrons. The Kier molecular flexibility index (Phi) is 4.65. The number of carbonyl (C=O) groups excluding carboxylic acids is 1. The van der Waals surface area contributed by atoms with Crippen molar-refractivity contribution in [2.75, 3.05) is 37.9 Å². The molecule has 6 heteroatoms. The molecule has 25 heavy (non-hydrogen) atoms. The zero-order chi connectivity index (χ0) is 17.2. The van der Waals surface area contributed by atoms with Crippen LogP contribution in [0.3, 0.4) is 0 Å². The molecule has 0 saturated carbocycles. The highest BCUT2D eigenvalue weighted by Crippen LogP contribution is 2.31. The number of hydrogen-bond acceptors (Lipinski definition) is 4. The first kappa shape index (κ1) is 16.4. The molecule has 2 heterocycles. The number of para-hydroxylation sites is 1. The van der Waals surface area contributed by atoms with E-state index in [-0.39, 0.29) is 5.91 Å². The van der Waals surface area contributed by atoms with Crippen molar-refractivity contribution in [1.82, 2.24) is 4.90 Å². The molecule has 0 N–H and O–H groups in total. The van der Waals surface area contributed by atoms with Gasteiger partial charge in [-0.3, -0.25) is 14.6 Å². The molecule has 2 aromatic carbocycles. The Hall–Kier alpha value is -2.02. The van der Waals surface area contributed by atoms with E-state index in [1.165, 1.54) is 0 Å². The molecule has 5 nitrogen and oxygen atoms in total. The van der Waals surface area contributed by atoms with E-state index in [1.807, 2.05) is 53.4 Å². The highest BCUT2D eigenvalue weighted by molar-refractivity contribution is 9.10. The molecule has 1 amide bonds. The van der Waals surface area contributed by atoms with Crippen LogP contribution >= 0.6 is 15.9 Å². The second kappa shape index (κ2) is 7.07. The zero-order valence-corrected chi connectivity index (χ0v) is 15.3. The third-order valence-electron chi connectivity index (χ3n) is 4.39. The molecular formula is C19H18BrN3O2. The van der Waals surface area contributed by atoms with Crippen molar-refractivity contribution in [2.45, 2.75) is 0 Å². The first-order chi connectivity index (χ1) is 12.2. The van der Waals surface area contributed by atoms with E-state index in [9.17, 15) is 4.79 Å². The Morgan fingerprint density at radius 1 is 1.08 bits per heavy atom. The summed E-state index contributed by atoms with van der Waals surface area (Å²) in [7, 11) is 0. The Morgan fingerprint density at radius 3 is 2.68 bits per heavy atom. The van der Waals surface area contributed by atoms with Crippen LogP contribution in [0.25, 0.3) is 0 Å². The molecule has 0 atom stereocenters. The number of halogens is 1. The molecule has 1 saturated heterocycles. The van der Waals surface area contributed by atoms with E-state index in [1.54, 1.807) is 0 Å². The molecule has 0 spiro atoms. The predicted octanol–water partition coefficient (Wildman–Crippen LogP) is 3.21. The number of carbonyl (C=O) groups is 1. The van der Waals surface area contributed by atoms with Gasteiger partial charge in [0.25, 0.3) is 5.91 Å². The standard InChI is InChI=1S/C19H18BrN3O2/c20-14-4-3-5-15(12-14)21-18-16-6-1-2-7-17(16)23(19(18)24)13-22-8-10-25-11-9-22/h1-7,12H,8-11,13H2. The van der Waals surface area contributed by atoms with Crippen molar-refractivity contribution >= 4 is 38.9 Å². The van der Waals surface area contributed by atoms with Crippen molar-refractivity contribution in [3.05, 3.63) is 58.6 Å². The minimum atomic E-state index is -0.0485. The zero-order valence-electron chi connectivity index (χ0n) is 13.7. The van der Waals surface area contributed by atoms with E-state index in [4.69, 9.17) is 4.74 Å². The van der Waals surface area contributed by atoms with Gasteiger partial charge in [0.05, 0.1) is 31.3 Å². The number of amides is 1. The summed E-state index contributed by atoms with van der Waals surface area (Å²) in [5.74, 6) is -0.0485. The lowest BCUT2D eigenvalue weighted by Crippen LogP contribution is -2.45. The quantitative estimate of drug-likeness (QED) is 0.795. The van der Waals surface area contributed by atoms with Crippen LogP contribution in [0.1, 0.15) is 5.56 Å². The SMILES string of the molecule is O=C1C(=Nc2cccc(Br)c2)c2ccccc2N1CN1CCOCC1. The average molecular weight is 400 g/mol. The predicted molar refractivity (Wildman–Crippen MR) is 102 cm³/mol. The number of ether oxygens (including phenoxy) is 1. The Labute approximate surface area is 155 Å². The van der Waals surface area contributed by atoms with Crippen molar-refractivity contribution < 1.29 is 9.53 Å². The minimum absolute atomic E-state index is 0.0485. The number of nitrogens with zero attached hydrogens (tertiary/aromatic N) is 3. The molecular weight excluding hydrogens is 382 g/mol. The van der Waals surface area contributed by atoms with Crippen molar-refractivity contribution in [1.29, 1.82) is 0 Å². The van der Waals surface area contributed by atoms with Gasteiger partial charge in [-0.2, -0.15) is 0 Å². The van der Waals surface area contributed by atoms with Crippen LogP contribution in [0.15, 0.2) is 58.0 Å². The number of fused-ring (bicyclic) bond motifs is 1. The summed E-state index contributed by atoms with van der Waals surface area (Å²) in [6.07, 6.45) is 0. The second-order valence-corrected chi connectivity index (χ2v) is 6.98. The van der Waals surface area contributed by atoms with Gasteiger partial charge in [-0.15, -0.1) is 0 Å². The fourth-order valence-corrected chi connectivity index (χ4v) is 3.51. The lowest BCUT2D eigenvalue weighted by atomic mass is 10.1. The van der Waals surface area contributed by atoms with Crippen LogP contribution in [-0.2, 0) is 9.53 Å². The van der Waals surface area contributed by atoms with Gasteiger partial charge >= 0.3 is 0 Å². The van der Waals surface area contributed by atoms with Crippen molar-refractivity contribution in [3.63, 3.8) is 0 Å². The summed E-state index contributed by atoms with van der Waals surface area (Å²) in [5, 5.41) is 0.